The average Bonchev–Trinajstić information content (AvgIpc) is 2.14. The van der Waals surface area contributed by atoms with Crippen molar-refractivity contribution in [1.29, 1.82) is 0 Å². The van der Waals surface area contributed by atoms with Gasteiger partial charge in [-0.15, -0.1) is 0 Å². The van der Waals surface area contributed by atoms with Crippen molar-refractivity contribution < 1.29 is 9.47 Å². The van der Waals surface area contributed by atoms with E-state index in [2.05, 4.69) is 53.7 Å². The molecule has 0 radical (unpaired) electrons. The molecule has 0 spiro atoms. The van der Waals surface area contributed by atoms with Gasteiger partial charge in [0.05, 0.1) is 24.4 Å². The van der Waals surface area contributed by atoms with Crippen LogP contribution in [0, 0.1) is 0 Å². The van der Waals surface area contributed by atoms with Crippen molar-refractivity contribution >= 4 is 0 Å². The van der Waals surface area contributed by atoms with E-state index in [4.69, 9.17) is 9.47 Å². The molecule has 0 N–H and O–H groups in total. The second-order valence-electron chi connectivity index (χ2n) is 4.73. The van der Waals surface area contributed by atoms with Gasteiger partial charge in [0.2, 0.25) is 0 Å². The Morgan fingerprint density at radius 3 is 1.88 bits per heavy atom. The first-order valence-electron chi connectivity index (χ1n) is 6.43. The number of ether oxygens (including phenoxy) is 2. The highest BCUT2D eigenvalue weighted by Crippen LogP contribution is 2.13. The number of rotatable bonds is 8. The summed E-state index contributed by atoms with van der Waals surface area (Å²) < 4.78 is 11.7. The summed E-state index contributed by atoms with van der Waals surface area (Å²) in [6, 6.07) is 0. The van der Waals surface area contributed by atoms with Crippen molar-refractivity contribution in [1.82, 2.24) is 0 Å². The Kier molecular flexibility index (Phi) is 8.58. The highest BCUT2D eigenvalue weighted by Gasteiger charge is 2.19. The van der Waals surface area contributed by atoms with Gasteiger partial charge >= 0.3 is 0 Å². The Hall–Kier alpha value is -0.340. The summed E-state index contributed by atoms with van der Waals surface area (Å²) in [5.41, 5.74) is 0. The Morgan fingerprint density at radius 2 is 1.44 bits per heavy atom. The molecule has 2 atom stereocenters. The Labute approximate surface area is 101 Å². The summed E-state index contributed by atoms with van der Waals surface area (Å²) in [7, 11) is 0. The molecule has 0 rings (SSSR count). The SMILES string of the molecule is CCC=CCC(OC(C)C)C(C)OC(C)C. The number of allylic oxidation sites excluding steroid dienone is 1. The highest BCUT2D eigenvalue weighted by molar-refractivity contribution is 4.85. The van der Waals surface area contributed by atoms with E-state index in [1.165, 1.54) is 0 Å². The molecule has 2 nitrogen and oxygen atoms in total. The molecule has 0 aliphatic rings. The third-order valence-electron chi connectivity index (χ3n) is 2.23. The van der Waals surface area contributed by atoms with Gasteiger partial charge < -0.3 is 9.47 Å². The van der Waals surface area contributed by atoms with E-state index in [9.17, 15) is 0 Å². The van der Waals surface area contributed by atoms with Gasteiger partial charge in [0, 0.05) is 0 Å². The molecule has 0 aromatic heterocycles. The van der Waals surface area contributed by atoms with E-state index in [1.807, 2.05) is 0 Å². The van der Waals surface area contributed by atoms with Gasteiger partial charge in [0.15, 0.2) is 0 Å². The minimum atomic E-state index is 0.143. The molecule has 0 aliphatic heterocycles. The van der Waals surface area contributed by atoms with E-state index in [-0.39, 0.29) is 24.4 Å². The first-order valence-corrected chi connectivity index (χ1v) is 6.43. The van der Waals surface area contributed by atoms with E-state index in [0.717, 1.165) is 12.8 Å². The van der Waals surface area contributed by atoms with Crippen molar-refractivity contribution in [2.45, 2.75) is 78.8 Å². The first-order chi connectivity index (χ1) is 7.47. The summed E-state index contributed by atoms with van der Waals surface area (Å²) in [6.07, 6.45) is 7.18. The van der Waals surface area contributed by atoms with Crippen LogP contribution < -0.4 is 0 Å². The van der Waals surface area contributed by atoms with Crippen molar-refractivity contribution in [2.24, 2.45) is 0 Å². The fourth-order valence-electron chi connectivity index (χ4n) is 1.62. The Morgan fingerprint density at radius 1 is 0.875 bits per heavy atom. The molecule has 0 saturated carbocycles. The van der Waals surface area contributed by atoms with Crippen molar-refractivity contribution in [3.8, 4) is 0 Å². The van der Waals surface area contributed by atoms with Crippen molar-refractivity contribution in [3.05, 3.63) is 12.2 Å². The van der Waals surface area contributed by atoms with Crippen LogP contribution >= 0.6 is 0 Å². The van der Waals surface area contributed by atoms with Crippen molar-refractivity contribution in [3.63, 3.8) is 0 Å². The van der Waals surface area contributed by atoms with Gasteiger partial charge in [0.1, 0.15) is 0 Å². The molecule has 16 heavy (non-hydrogen) atoms. The van der Waals surface area contributed by atoms with Crippen LogP contribution in [0.1, 0.15) is 54.4 Å². The predicted molar refractivity (Wildman–Crippen MR) is 69.7 cm³/mol. The van der Waals surface area contributed by atoms with Gasteiger partial charge in [-0.1, -0.05) is 19.1 Å². The molecular weight excluding hydrogens is 200 g/mol. The molecule has 0 aromatic rings. The molecule has 0 bridgehead atoms. The van der Waals surface area contributed by atoms with Crippen LogP contribution in [0.2, 0.25) is 0 Å². The standard InChI is InChI=1S/C14H28O2/c1-7-8-9-10-14(16-12(4)5)13(6)15-11(2)3/h8-9,11-14H,7,10H2,1-6H3. The summed E-state index contributed by atoms with van der Waals surface area (Å²) in [5.74, 6) is 0. The van der Waals surface area contributed by atoms with Gasteiger partial charge in [0.25, 0.3) is 0 Å². The van der Waals surface area contributed by atoms with Crippen LogP contribution in [0.15, 0.2) is 12.2 Å². The maximum Gasteiger partial charge on any atom is 0.0871 e. The normalized spacial score (nSPS) is 16.2. The van der Waals surface area contributed by atoms with Crippen LogP contribution in [-0.4, -0.2) is 24.4 Å². The minimum absolute atomic E-state index is 0.143. The molecule has 0 saturated heterocycles. The van der Waals surface area contributed by atoms with Crippen LogP contribution in [0.4, 0.5) is 0 Å². The van der Waals surface area contributed by atoms with E-state index < -0.39 is 0 Å². The molecule has 96 valence electrons. The third-order valence-corrected chi connectivity index (χ3v) is 2.23. The maximum absolute atomic E-state index is 5.88. The lowest BCUT2D eigenvalue weighted by atomic mass is 10.1. The summed E-state index contributed by atoms with van der Waals surface area (Å²) in [6.45, 7) is 12.5. The van der Waals surface area contributed by atoms with Crippen LogP contribution in [0.25, 0.3) is 0 Å². The van der Waals surface area contributed by atoms with E-state index >= 15 is 0 Å². The summed E-state index contributed by atoms with van der Waals surface area (Å²) >= 11 is 0. The molecule has 0 amide bonds. The number of hydrogen-bond donors (Lipinski definition) is 0. The maximum atomic E-state index is 5.88. The topological polar surface area (TPSA) is 18.5 Å². The van der Waals surface area contributed by atoms with E-state index in [1.54, 1.807) is 0 Å². The lowest BCUT2D eigenvalue weighted by Crippen LogP contribution is -2.32. The largest absolute Gasteiger partial charge is 0.373 e. The fraction of sp³-hybridized carbons (Fsp3) is 0.857. The second kappa shape index (κ2) is 8.77. The number of hydrogen-bond acceptors (Lipinski definition) is 2. The van der Waals surface area contributed by atoms with Gasteiger partial charge in [-0.3, -0.25) is 0 Å². The predicted octanol–water partition coefficient (Wildman–Crippen LogP) is 3.95. The van der Waals surface area contributed by atoms with Crippen LogP contribution in [0.3, 0.4) is 0 Å². The first kappa shape index (κ1) is 15.7. The van der Waals surface area contributed by atoms with Gasteiger partial charge in [-0.05, 0) is 47.5 Å². The second-order valence-corrected chi connectivity index (χ2v) is 4.73. The van der Waals surface area contributed by atoms with E-state index in [0.29, 0.717) is 0 Å². The molecule has 2 heteroatoms. The zero-order valence-corrected chi connectivity index (χ0v) is 11.7. The van der Waals surface area contributed by atoms with Gasteiger partial charge in [-0.25, -0.2) is 0 Å². The third kappa shape index (κ3) is 7.89. The minimum Gasteiger partial charge on any atom is -0.373 e. The Balaban J connectivity index is 4.22. The average molecular weight is 228 g/mol. The van der Waals surface area contributed by atoms with Crippen LogP contribution in [0.5, 0.6) is 0 Å². The lowest BCUT2D eigenvalue weighted by molar-refractivity contribution is -0.101. The highest BCUT2D eigenvalue weighted by atomic mass is 16.5. The zero-order chi connectivity index (χ0) is 12.6. The fourth-order valence-corrected chi connectivity index (χ4v) is 1.62. The van der Waals surface area contributed by atoms with Crippen molar-refractivity contribution in [2.75, 3.05) is 0 Å². The molecular formula is C14H28O2. The molecule has 0 aromatic carbocycles. The quantitative estimate of drug-likeness (QED) is 0.586. The zero-order valence-electron chi connectivity index (χ0n) is 11.7. The van der Waals surface area contributed by atoms with Crippen LogP contribution in [-0.2, 0) is 9.47 Å². The monoisotopic (exact) mass is 228 g/mol. The molecule has 0 fully saturated rings. The summed E-state index contributed by atoms with van der Waals surface area (Å²) in [4.78, 5) is 0. The molecule has 0 aliphatic carbocycles. The molecule has 2 unspecified atom stereocenters. The van der Waals surface area contributed by atoms with Gasteiger partial charge in [-0.2, -0.15) is 0 Å². The Bertz CT molecular complexity index is 185. The molecule has 0 heterocycles. The smallest absolute Gasteiger partial charge is 0.0871 e. The lowest BCUT2D eigenvalue weighted by Gasteiger charge is -2.27. The summed E-state index contributed by atoms with van der Waals surface area (Å²) in [5, 5.41) is 0.